The van der Waals surface area contributed by atoms with Crippen LogP contribution in [-0.4, -0.2) is 37.3 Å². The van der Waals surface area contributed by atoms with Crippen molar-refractivity contribution in [3.8, 4) is 28.6 Å². The second kappa shape index (κ2) is 10.2. The molecule has 7 nitrogen and oxygen atoms in total. The molecule has 1 amide bonds. The van der Waals surface area contributed by atoms with E-state index < -0.39 is 0 Å². The highest BCUT2D eigenvalue weighted by atomic mass is 19.1. The average Bonchev–Trinajstić information content (AvgIpc) is 3.26. The Morgan fingerprint density at radius 3 is 2.16 bits per heavy atom. The van der Waals surface area contributed by atoms with Crippen molar-refractivity contribution in [2.75, 3.05) is 21.3 Å². The zero-order valence-corrected chi connectivity index (χ0v) is 18.8. The quantitative estimate of drug-likeness (QED) is 0.479. The summed E-state index contributed by atoms with van der Waals surface area (Å²) in [6.07, 6.45) is 0. The van der Waals surface area contributed by atoms with Crippen LogP contribution in [-0.2, 0) is 17.9 Å². The lowest BCUT2D eigenvalue weighted by Crippen LogP contribution is -2.33. The van der Waals surface area contributed by atoms with E-state index in [-0.39, 0.29) is 24.2 Å². The van der Waals surface area contributed by atoms with Gasteiger partial charge in [-0.25, -0.2) is 4.39 Å². The van der Waals surface area contributed by atoms with E-state index >= 15 is 0 Å². The van der Waals surface area contributed by atoms with Crippen molar-refractivity contribution >= 4 is 5.91 Å². The smallest absolute Gasteiger partial charge is 0.225 e. The minimum Gasteiger partial charge on any atom is -0.493 e. The Morgan fingerprint density at radius 2 is 1.62 bits per heavy atom. The predicted octanol–water partition coefficient (Wildman–Crippen LogP) is 4.69. The van der Waals surface area contributed by atoms with Gasteiger partial charge in [0.05, 0.1) is 27.9 Å². The molecule has 3 aromatic rings. The third kappa shape index (κ3) is 5.19. The summed E-state index contributed by atoms with van der Waals surface area (Å²) >= 11 is 0. The van der Waals surface area contributed by atoms with Gasteiger partial charge in [0.1, 0.15) is 11.5 Å². The summed E-state index contributed by atoms with van der Waals surface area (Å²) < 4.78 is 34.9. The molecule has 0 spiro atoms. The first kappa shape index (κ1) is 23.1. The number of benzene rings is 2. The summed E-state index contributed by atoms with van der Waals surface area (Å²) in [6.45, 7) is 4.26. The zero-order chi connectivity index (χ0) is 23.3. The summed E-state index contributed by atoms with van der Waals surface area (Å²) in [5.74, 6) is 1.41. The molecule has 0 atom stereocenters. The normalized spacial score (nSPS) is 10.8. The summed E-state index contributed by atoms with van der Waals surface area (Å²) in [5, 5.41) is 4.14. The third-order valence-corrected chi connectivity index (χ3v) is 4.95. The van der Waals surface area contributed by atoms with E-state index in [1.54, 1.807) is 35.2 Å². The van der Waals surface area contributed by atoms with Crippen LogP contribution in [0.15, 0.2) is 47.0 Å². The van der Waals surface area contributed by atoms with Crippen LogP contribution in [0.1, 0.15) is 25.1 Å². The van der Waals surface area contributed by atoms with E-state index in [2.05, 4.69) is 5.16 Å². The Bertz CT molecular complexity index is 1040. The van der Waals surface area contributed by atoms with E-state index in [4.69, 9.17) is 18.7 Å². The van der Waals surface area contributed by atoms with Crippen LogP contribution in [0.4, 0.5) is 4.39 Å². The summed E-state index contributed by atoms with van der Waals surface area (Å²) in [7, 11) is 4.61. The SMILES string of the molecule is COc1cc(-c2cc(CN(Cc3ccc(F)cc3)C(=O)C(C)C)no2)cc(OC)c1OC. The van der Waals surface area contributed by atoms with Crippen molar-refractivity contribution in [3.05, 3.63) is 59.5 Å². The van der Waals surface area contributed by atoms with Crippen LogP contribution in [0.3, 0.4) is 0 Å². The number of carbonyl (C=O) groups excluding carboxylic acids is 1. The fourth-order valence-corrected chi connectivity index (χ4v) is 3.33. The van der Waals surface area contributed by atoms with Crippen molar-refractivity contribution in [1.82, 2.24) is 10.1 Å². The summed E-state index contributed by atoms with van der Waals surface area (Å²) in [6, 6.07) is 11.4. The Morgan fingerprint density at radius 1 is 1.00 bits per heavy atom. The maximum absolute atomic E-state index is 13.2. The van der Waals surface area contributed by atoms with E-state index in [9.17, 15) is 9.18 Å². The minimum atomic E-state index is -0.318. The number of nitrogens with zero attached hydrogens (tertiary/aromatic N) is 2. The molecule has 3 rings (SSSR count). The van der Waals surface area contributed by atoms with Gasteiger partial charge in [-0.3, -0.25) is 4.79 Å². The molecule has 2 aromatic carbocycles. The second-order valence-electron chi connectivity index (χ2n) is 7.57. The first-order chi connectivity index (χ1) is 15.4. The zero-order valence-electron chi connectivity index (χ0n) is 18.8. The standard InChI is InChI=1S/C24H27FN2O5/c1-15(2)24(28)27(13-16-6-8-18(25)9-7-16)14-19-12-20(32-26-19)17-10-21(29-3)23(31-5)22(11-17)30-4/h6-12,15H,13-14H2,1-5H3. The molecule has 170 valence electrons. The van der Waals surface area contributed by atoms with Crippen LogP contribution >= 0.6 is 0 Å². The molecule has 0 bridgehead atoms. The molecule has 0 aliphatic heterocycles. The third-order valence-electron chi connectivity index (χ3n) is 4.95. The molecule has 0 saturated heterocycles. The van der Waals surface area contributed by atoms with Crippen LogP contribution in [0.5, 0.6) is 17.2 Å². The van der Waals surface area contributed by atoms with Gasteiger partial charge in [0.15, 0.2) is 17.3 Å². The Labute approximate surface area is 186 Å². The van der Waals surface area contributed by atoms with Gasteiger partial charge >= 0.3 is 0 Å². The maximum Gasteiger partial charge on any atom is 0.225 e. The molecule has 0 unspecified atom stereocenters. The molecule has 8 heteroatoms. The number of ether oxygens (including phenoxy) is 3. The van der Waals surface area contributed by atoms with Gasteiger partial charge in [0.25, 0.3) is 0 Å². The van der Waals surface area contributed by atoms with Gasteiger partial charge in [-0.1, -0.05) is 31.1 Å². The molecular weight excluding hydrogens is 415 g/mol. The highest BCUT2D eigenvalue weighted by molar-refractivity contribution is 5.78. The van der Waals surface area contributed by atoms with E-state index in [1.807, 2.05) is 13.8 Å². The van der Waals surface area contributed by atoms with Gasteiger partial charge < -0.3 is 23.6 Å². The van der Waals surface area contributed by atoms with Crippen LogP contribution < -0.4 is 14.2 Å². The molecule has 0 aliphatic carbocycles. The van der Waals surface area contributed by atoms with E-state index in [0.29, 0.717) is 40.8 Å². The first-order valence-electron chi connectivity index (χ1n) is 10.2. The van der Waals surface area contributed by atoms with Crippen molar-refractivity contribution in [3.63, 3.8) is 0 Å². The van der Waals surface area contributed by atoms with Crippen molar-refractivity contribution < 1.29 is 27.9 Å². The molecule has 32 heavy (non-hydrogen) atoms. The second-order valence-corrected chi connectivity index (χ2v) is 7.57. The lowest BCUT2D eigenvalue weighted by Gasteiger charge is -2.23. The Kier molecular flexibility index (Phi) is 7.35. The maximum atomic E-state index is 13.2. The number of amides is 1. The number of hydrogen-bond acceptors (Lipinski definition) is 6. The number of carbonyl (C=O) groups is 1. The van der Waals surface area contributed by atoms with Gasteiger partial charge in [-0.15, -0.1) is 0 Å². The molecule has 0 fully saturated rings. The van der Waals surface area contributed by atoms with E-state index in [1.165, 1.54) is 33.5 Å². The molecule has 1 aromatic heterocycles. The van der Waals surface area contributed by atoms with Gasteiger partial charge in [0, 0.05) is 24.1 Å². The molecule has 0 aliphatic rings. The van der Waals surface area contributed by atoms with Crippen molar-refractivity contribution in [2.45, 2.75) is 26.9 Å². The van der Waals surface area contributed by atoms with Gasteiger partial charge in [-0.2, -0.15) is 0 Å². The predicted molar refractivity (Wildman–Crippen MR) is 117 cm³/mol. The highest BCUT2D eigenvalue weighted by Crippen LogP contribution is 2.41. The molecule has 0 saturated carbocycles. The Hall–Kier alpha value is -3.55. The topological polar surface area (TPSA) is 74.0 Å². The summed E-state index contributed by atoms with van der Waals surface area (Å²) in [5.41, 5.74) is 2.11. The molecule has 0 N–H and O–H groups in total. The lowest BCUT2D eigenvalue weighted by molar-refractivity contribution is -0.135. The van der Waals surface area contributed by atoms with Crippen LogP contribution in [0.25, 0.3) is 11.3 Å². The largest absolute Gasteiger partial charge is 0.493 e. The average molecular weight is 442 g/mol. The fraction of sp³-hybridized carbons (Fsp3) is 0.333. The number of halogens is 1. The van der Waals surface area contributed by atoms with Crippen LogP contribution in [0.2, 0.25) is 0 Å². The highest BCUT2D eigenvalue weighted by Gasteiger charge is 2.21. The number of rotatable bonds is 9. The molecular formula is C24H27FN2O5. The van der Waals surface area contributed by atoms with Gasteiger partial charge in [-0.05, 0) is 29.8 Å². The lowest BCUT2D eigenvalue weighted by atomic mass is 10.1. The van der Waals surface area contributed by atoms with Crippen LogP contribution in [0, 0.1) is 11.7 Å². The number of aromatic nitrogens is 1. The first-order valence-corrected chi connectivity index (χ1v) is 10.2. The van der Waals surface area contributed by atoms with Crippen molar-refractivity contribution in [2.24, 2.45) is 5.92 Å². The monoisotopic (exact) mass is 442 g/mol. The summed E-state index contributed by atoms with van der Waals surface area (Å²) in [4.78, 5) is 14.5. The molecule has 1 heterocycles. The molecule has 0 radical (unpaired) electrons. The van der Waals surface area contributed by atoms with Crippen molar-refractivity contribution in [1.29, 1.82) is 0 Å². The minimum absolute atomic E-state index is 0.0355. The van der Waals surface area contributed by atoms with Gasteiger partial charge in [0.2, 0.25) is 11.7 Å². The number of methoxy groups -OCH3 is 3. The Balaban J connectivity index is 1.86. The fourth-order valence-electron chi connectivity index (χ4n) is 3.33. The number of hydrogen-bond donors (Lipinski definition) is 0. The van der Waals surface area contributed by atoms with E-state index in [0.717, 1.165) is 5.56 Å².